The Morgan fingerprint density at radius 2 is 1.89 bits per heavy atom. The van der Waals surface area contributed by atoms with E-state index in [0.29, 0.717) is 29.8 Å². The van der Waals surface area contributed by atoms with Crippen LogP contribution in [0.2, 0.25) is 0 Å². The minimum absolute atomic E-state index is 0.0912. The summed E-state index contributed by atoms with van der Waals surface area (Å²) >= 11 is 0. The Hall–Kier alpha value is -2.83. The van der Waals surface area contributed by atoms with Gasteiger partial charge in [0.1, 0.15) is 18.3 Å². The molecule has 208 valence electrons. The molecule has 0 radical (unpaired) electrons. The van der Waals surface area contributed by atoms with Crippen molar-refractivity contribution in [1.82, 2.24) is 15.3 Å². The van der Waals surface area contributed by atoms with Gasteiger partial charge in [-0.15, -0.1) is 0 Å². The van der Waals surface area contributed by atoms with Gasteiger partial charge in [0.2, 0.25) is 0 Å². The van der Waals surface area contributed by atoms with Crippen LogP contribution in [-0.4, -0.2) is 47.9 Å². The van der Waals surface area contributed by atoms with Crippen LogP contribution >= 0.6 is 0 Å². The van der Waals surface area contributed by atoms with Crippen LogP contribution in [0.15, 0.2) is 18.2 Å². The van der Waals surface area contributed by atoms with Crippen molar-refractivity contribution >= 4 is 11.7 Å². The zero-order valence-electron chi connectivity index (χ0n) is 21.7. The number of nitrogens with zero attached hydrogens (tertiary/aromatic N) is 2. The van der Waals surface area contributed by atoms with Crippen molar-refractivity contribution in [3.8, 4) is 0 Å². The number of hydrogen-bond donors (Lipinski definition) is 2. The Kier molecular flexibility index (Phi) is 8.24. The molecular formula is C26H32F4N4O4. The lowest BCUT2D eigenvalue weighted by Crippen LogP contribution is -2.42. The van der Waals surface area contributed by atoms with Crippen molar-refractivity contribution in [2.24, 2.45) is 0 Å². The third kappa shape index (κ3) is 5.92. The van der Waals surface area contributed by atoms with Crippen LogP contribution in [0.25, 0.3) is 0 Å². The van der Waals surface area contributed by atoms with Gasteiger partial charge in [0, 0.05) is 6.61 Å². The molecule has 12 heteroatoms. The first-order valence-electron chi connectivity index (χ1n) is 12.5. The number of anilines is 1. The number of carbonyl (C=O) groups excluding carboxylic acids is 1. The number of benzene rings is 1. The van der Waals surface area contributed by atoms with Gasteiger partial charge < -0.3 is 24.8 Å². The molecule has 8 nitrogen and oxygen atoms in total. The van der Waals surface area contributed by atoms with E-state index >= 15 is 0 Å². The summed E-state index contributed by atoms with van der Waals surface area (Å²) in [5, 5.41) is 5.93. The Labute approximate surface area is 218 Å². The maximum Gasteiger partial charge on any atom is 0.416 e. The van der Waals surface area contributed by atoms with Gasteiger partial charge in [0.15, 0.2) is 12.4 Å². The topological polar surface area (TPSA) is 94.6 Å². The number of ether oxygens (including phenoxy) is 3. The Morgan fingerprint density at radius 3 is 2.47 bits per heavy atom. The number of alkyl halides is 4. The average Bonchev–Trinajstić information content (AvgIpc) is 3.41. The summed E-state index contributed by atoms with van der Waals surface area (Å²) in [5.74, 6) is -0.0127. The van der Waals surface area contributed by atoms with E-state index in [1.54, 1.807) is 26.8 Å². The van der Waals surface area contributed by atoms with Crippen molar-refractivity contribution in [3.63, 3.8) is 0 Å². The monoisotopic (exact) mass is 540 g/mol. The number of carbonyl (C=O) groups is 1. The van der Waals surface area contributed by atoms with E-state index in [9.17, 15) is 22.4 Å². The Morgan fingerprint density at radius 1 is 1.21 bits per heavy atom. The van der Waals surface area contributed by atoms with E-state index < -0.39 is 48.3 Å². The summed E-state index contributed by atoms with van der Waals surface area (Å²) in [6, 6.07) is 3.40. The molecule has 2 aromatic rings. The molecule has 2 aliphatic rings. The van der Waals surface area contributed by atoms with Crippen molar-refractivity contribution in [1.29, 1.82) is 0 Å². The third-order valence-corrected chi connectivity index (χ3v) is 6.76. The molecule has 38 heavy (non-hydrogen) atoms. The normalized spacial score (nSPS) is 18.7. The highest BCUT2D eigenvalue weighted by atomic mass is 19.4. The number of aryl methyl sites for hydroxylation is 1. The molecule has 4 rings (SSSR count). The second-order valence-corrected chi connectivity index (χ2v) is 9.61. The number of halogens is 4. The molecule has 0 spiro atoms. The first kappa shape index (κ1) is 28.2. The van der Waals surface area contributed by atoms with Crippen molar-refractivity contribution < 1.29 is 36.6 Å². The number of amides is 1. The van der Waals surface area contributed by atoms with E-state index in [2.05, 4.69) is 20.6 Å². The fourth-order valence-corrected chi connectivity index (χ4v) is 4.60. The van der Waals surface area contributed by atoms with Crippen LogP contribution in [0.1, 0.15) is 78.9 Å². The first-order valence-corrected chi connectivity index (χ1v) is 12.5. The van der Waals surface area contributed by atoms with Gasteiger partial charge in [0.05, 0.1) is 41.6 Å². The minimum Gasteiger partial charge on any atom is -0.363 e. The van der Waals surface area contributed by atoms with Crippen LogP contribution in [0, 0.1) is 13.8 Å². The molecule has 1 amide bonds. The molecule has 2 heterocycles. The molecule has 1 saturated heterocycles. The molecule has 1 aliphatic heterocycles. The smallest absolute Gasteiger partial charge is 0.363 e. The zero-order valence-corrected chi connectivity index (χ0v) is 21.7. The van der Waals surface area contributed by atoms with Crippen LogP contribution in [0.5, 0.6) is 0 Å². The molecule has 1 aliphatic carbocycles. The van der Waals surface area contributed by atoms with Gasteiger partial charge in [-0.1, -0.05) is 12.1 Å². The lowest BCUT2D eigenvalue weighted by Gasteiger charge is -2.27. The maximum absolute atomic E-state index is 13.5. The van der Waals surface area contributed by atoms with Crippen LogP contribution in [0.3, 0.4) is 0 Å². The van der Waals surface area contributed by atoms with E-state index in [4.69, 9.17) is 14.2 Å². The predicted molar refractivity (Wildman–Crippen MR) is 130 cm³/mol. The molecule has 2 atom stereocenters. The van der Waals surface area contributed by atoms with Gasteiger partial charge in [-0.2, -0.15) is 13.2 Å². The summed E-state index contributed by atoms with van der Waals surface area (Å²) in [5.41, 5.74) is -0.605. The summed E-state index contributed by atoms with van der Waals surface area (Å²) in [7, 11) is 0. The number of aromatic nitrogens is 2. The molecular weight excluding hydrogens is 508 g/mol. The minimum atomic E-state index is -4.49. The third-order valence-electron chi connectivity index (χ3n) is 6.76. The lowest BCUT2D eigenvalue weighted by atomic mass is 9.97. The predicted octanol–water partition coefficient (Wildman–Crippen LogP) is 5.03. The van der Waals surface area contributed by atoms with Gasteiger partial charge in [-0.3, -0.25) is 4.79 Å². The standard InChI is InChI=1S/C26H32F4N4O4/c1-5-36-21(23(35)34-25(13-27)9-10-25)20-19(24-37-11-12-38-24)22(33-16(4)32-20)31-15(3)17-7-6-8-18(14(17)2)26(28,29)30/h6-8,15,21,24H,5,9-13H2,1-4H3,(H,34,35)(H,31,32,33)/t15-,21?/m1/s1. The molecule has 1 aromatic heterocycles. The molecule has 1 aromatic carbocycles. The Bertz CT molecular complexity index is 1170. The number of hydrogen-bond acceptors (Lipinski definition) is 7. The maximum atomic E-state index is 13.5. The van der Waals surface area contributed by atoms with Gasteiger partial charge in [0.25, 0.3) is 5.91 Å². The highest BCUT2D eigenvalue weighted by molar-refractivity contribution is 5.83. The molecule has 0 bridgehead atoms. The van der Waals surface area contributed by atoms with Gasteiger partial charge in [-0.25, -0.2) is 14.4 Å². The number of rotatable bonds is 10. The van der Waals surface area contributed by atoms with Crippen molar-refractivity contribution in [3.05, 3.63) is 52.0 Å². The fourth-order valence-electron chi connectivity index (χ4n) is 4.60. The van der Waals surface area contributed by atoms with E-state index in [1.807, 2.05) is 0 Å². The summed E-state index contributed by atoms with van der Waals surface area (Å²) < 4.78 is 71.4. The highest BCUT2D eigenvalue weighted by Crippen LogP contribution is 2.40. The second-order valence-electron chi connectivity index (χ2n) is 9.61. The van der Waals surface area contributed by atoms with E-state index in [1.165, 1.54) is 13.0 Å². The average molecular weight is 541 g/mol. The Balaban J connectivity index is 1.75. The first-order chi connectivity index (χ1) is 18.0. The highest BCUT2D eigenvalue weighted by Gasteiger charge is 2.46. The lowest BCUT2D eigenvalue weighted by molar-refractivity contribution is -0.138. The zero-order chi connectivity index (χ0) is 27.7. The summed E-state index contributed by atoms with van der Waals surface area (Å²) in [6.07, 6.45) is -5.58. The van der Waals surface area contributed by atoms with Gasteiger partial charge in [-0.05, 0) is 57.7 Å². The van der Waals surface area contributed by atoms with Gasteiger partial charge >= 0.3 is 6.18 Å². The second kappa shape index (κ2) is 11.1. The van der Waals surface area contributed by atoms with Crippen LogP contribution < -0.4 is 10.6 Å². The number of nitrogens with one attached hydrogen (secondary N) is 2. The van der Waals surface area contributed by atoms with E-state index in [-0.39, 0.29) is 36.9 Å². The van der Waals surface area contributed by atoms with Crippen LogP contribution in [-0.2, 0) is 25.2 Å². The van der Waals surface area contributed by atoms with Crippen LogP contribution in [0.4, 0.5) is 23.4 Å². The summed E-state index contributed by atoms with van der Waals surface area (Å²) in [4.78, 5) is 22.3. The molecule has 1 saturated carbocycles. The molecule has 2 N–H and O–H groups in total. The SMILES string of the molecule is CCOC(C(=O)NC1(CF)CC1)c1nc(C)nc(N[C@H](C)c2cccc(C(F)(F)F)c2C)c1C1OCCO1. The van der Waals surface area contributed by atoms with E-state index in [0.717, 1.165) is 6.07 Å². The molecule has 2 fully saturated rings. The largest absolute Gasteiger partial charge is 0.416 e. The molecule has 1 unspecified atom stereocenters. The van der Waals surface area contributed by atoms with Crippen molar-refractivity contribution in [2.45, 2.75) is 70.7 Å². The quantitative estimate of drug-likeness (QED) is 0.409. The summed E-state index contributed by atoms with van der Waals surface area (Å²) in [6.45, 7) is 6.53. The fraction of sp³-hybridized carbons (Fsp3) is 0.577. The van der Waals surface area contributed by atoms with Crippen molar-refractivity contribution in [2.75, 3.05) is 31.8 Å².